The summed E-state index contributed by atoms with van der Waals surface area (Å²) in [6, 6.07) is 4.48. The van der Waals surface area contributed by atoms with Crippen LogP contribution < -0.4 is 5.32 Å². The summed E-state index contributed by atoms with van der Waals surface area (Å²) in [6.07, 6.45) is 9.84. The van der Waals surface area contributed by atoms with Crippen molar-refractivity contribution in [1.29, 1.82) is 0 Å². The monoisotopic (exact) mass is 276 g/mol. The van der Waals surface area contributed by atoms with Crippen molar-refractivity contribution in [3.63, 3.8) is 0 Å². The summed E-state index contributed by atoms with van der Waals surface area (Å²) < 4.78 is 2.01. The van der Waals surface area contributed by atoms with E-state index in [0.29, 0.717) is 6.04 Å². The van der Waals surface area contributed by atoms with Crippen molar-refractivity contribution < 1.29 is 0 Å². The molecule has 2 aliphatic rings. The van der Waals surface area contributed by atoms with Crippen LogP contribution in [0.2, 0.25) is 0 Å². The minimum absolute atomic E-state index is 0.654. The molecule has 2 fully saturated rings. The molecule has 20 heavy (non-hydrogen) atoms. The van der Waals surface area contributed by atoms with E-state index in [1.807, 2.05) is 17.9 Å². The molecule has 0 radical (unpaired) electrons. The fourth-order valence-electron chi connectivity index (χ4n) is 4.35. The Morgan fingerprint density at radius 2 is 2.00 bits per heavy atom. The first-order chi connectivity index (χ1) is 9.69. The van der Waals surface area contributed by atoms with Gasteiger partial charge in [-0.05, 0) is 64.6 Å². The molecule has 0 spiro atoms. The number of nitrogens with zero attached hydrogens (tertiary/aromatic N) is 3. The molecular formula is C16H28N4. The van der Waals surface area contributed by atoms with Gasteiger partial charge in [0.15, 0.2) is 0 Å². The number of fused-ring (bicyclic) bond motifs is 2. The van der Waals surface area contributed by atoms with E-state index in [4.69, 9.17) is 0 Å². The molecule has 3 heterocycles. The molecule has 0 saturated carbocycles. The fraction of sp³-hybridized carbons (Fsp3) is 0.812. The van der Waals surface area contributed by atoms with Gasteiger partial charge >= 0.3 is 0 Å². The first-order valence-electron chi connectivity index (χ1n) is 8.05. The van der Waals surface area contributed by atoms with Crippen LogP contribution in [0.15, 0.2) is 12.3 Å². The first kappa shape index (κ1) is 14.1. The number of aromatic nitrogens is 2. The number of piperidine rings is 1. The third kappa shape index (κ3) is 2.63. The Hall–Kier alpha value is -0.870. The Balaban J connectivity index is 1.58. The molecule has 1 N–H and O–H groups in total. The summed E-state index contributed by atoms with van der Waals surface area (Å²) >= 11 is 0. The van der Waals surface area contributed by atoms with Gasteiger partial charge in [0.1, 0.15) is 0 Å². The second kappa shape index (κ2) is 5.86. The number of hydrogen-bond acceptors (Lipinski definition) is 3. The van der Waals surface area contributed by atoms with Crippen LogP contribution in [-0.4, -0.2) is 46.9 Å². The predicted octanol–water partition coefficient (Wildman–Crippen LogP) is 1.81. The second-order valence-electron chi connectivity index (χ2n) is 6.66. The molecular weight excluding hydrogens is 248 g/mol. The largest absolute Gasteiger partial charge is 0.317 e. The highest BCUT2D eigenvalue weighted by Crippen LogP contribution is 2.39. The molecule has 4 nitrogen and oxygen atoms in total. The zero-order chi connectivity index (χ0) is 14.1. The molecule has 0 aromatic carbocycles. The average molecular weight is 276 g/mol. The summed E-state index contributed by atoms with van der Waals surface area (Å²) in [4.78, 5) is 2.63. The fourth-order valence-corrected chi connectivity index (χ4v) is 4.35. The van der Waals surface area contributed by atoms with Gasteiger partial charge in [-0.2, -0.15) is 5.10 Å². The van der Waals surface area contributed by atoms with Gasteiger partial charge in [0, 0.05) is 37.1 Å². The zero-order valence-corrected chi connectivity index (χ0v) is 13.0. The maximum atomic E-state index is 4.27. The van der Waals surface area contributed by atoms with Crippen LogP contribution in [0.1, 0.15) is 37.8 Å². The standard InChI is InChI=1S/C16H28N4/c1-17-16(7-6-13-8-9-18-20(13)3)12-10-14-4-5-15(11-12)19(14)2/h8-9,12,14-17H,4-7,10-11H2,1-3H3. The van der Waals surface area contributed by atoms with Crippen LogP contribution in [0.4, 0.5) is 0 Å². The third-order valence-corrected chi connectivity index (χ3v) is 5.71. The lowest BCUT2D eigenvalue weighted by molar-refractivity contribution is 0.112. The second-order valence-corrected chi connectivity index (χ2v) is 6.66. The molecule has 2 aliphatic heterocycles. The molecule has 112 valence electrons. The van der Waals surface area contributed by atoms with Gasteiger partial charge in [-0.3, -0.25) is 4.68 Å². The molecule has 3 rings (SSSR count). The molecule has 4 heteroatoms. The van der Waals surface area contributed by atoms with E-state index < -0.39 is 0 Å². The van der Waals surface area contributed by atoms with Gasteiger partial charge in [0.2, 0.25) is 0 Å². The smallest absolute Gasteiger partial charge is 0.0492 e. The molecule has 0 aliphatic carbocycles. The highest BCUT2D eigenvalue weighted by Gasteiger charge is 2.40. The Morgan fingerprint density at radius 3 is 2.55 bits per heavy atom. The number of nitrogens with one attached hydrogen (secondary N) is 1. The van der Waals surface area contributed by atoms with Gasteiger partial charge < -0.3 is 10.2 Å². The van der Waals surface area contributed by atoms with E-state index in [1.165, 1.54) is 37.8 Å². The van der Waals surface area contributed by atoms with Crippen molar-refractivity contribution in [2.24, 2.45) is 13.0 Å². The molecule has 2 bridgehead atoms. The lowest BCUT2D eigenvalue weighted by Crippen LogP contribution is -2.46. The van der Waals surface area contributed by atoms with Crippen molar-refractivity contribution in [2.75, 3.05) is 14.1 Å². The van der Waals surface area contributed by atoms with E-state index in [1.54, 1.807) is 0 Å². The van der Waals surface area contributed by atoms with Crippen LogP contribution in [0.25, 0.3) is 0 Å². The van der Waals surface area contributed by atoms with Crippen molar-refractivity contribution in [3.8, 4) is 0 Å². The Morgan fingerprint density at radius 1 is 1.30 bits per heavy atom. The van der Waals surface area contributed by atoms with Crippen LogP contribution in [-0.2, 0) is 13.5 Å². The topological polar surface area (TPSA) is 33.1 Å². The Kier molecular flexibility index (Phi) is 4.13. The van der Waals surface area contributed by atoms with E-state index in [9.17, 15) is 0 Å². The highest BCUT2D eigenvalue weighted by molar-refractivity contribution is 5.02. The van der Waals surface area contributed by atoms with Crippen LogP contribution in [0, 0.1) is 5.92 Å². The van der Waals surface area contributed by atoms with Gasteiger partial charge in [0.25, 0.3) is 0 Å². The van der Waals surface area contributed by atoms with Crippen molar-refractivity contribution in [1.82, 2.24) is 20.0 Å². The van der Waals surface area contributed by atoms with Gasteiger partial charge in [-0.15, -0.1) is 0 Å². The molecule has 0 amide bonds. The van der Waals surface area contributed by atoms with Crippen LogP contribution in [0.3, 0.4) is 0 Å². The highest BCUT2D eigenvalue weighted by atomic mass is 15.3. The van der Waals surface area contributed by atoms with Crippen molar-refractivity contribution >= 4 is 0 Å². The van der Waals surface area contributed by atoms with E-state index in [0.717, 1.165) is 24.4 Å². The zero-order valence-electron chi connectivity index (χ0n) is 13.0. The van der Waals surface area contributed by atoms with E-state index >= 15 is 0 Å². The number of rotatable bonds is 5. The molecule has 1 aromatic heterocycles. The van der Waals surface area contributed by atoms with Gasteiger partial charge in [0.05, 0.1) is 0 Å². The summed E-state index contributed by atoms with van der Waals surface area (Å²) in [5.74, 6) is 0.849. The van der Waals surface area contributed by atoms with E-state index in [-0.39, 0.29) is 0 Å². The maximum Gasteiger partial charge on any atom is 0.0492 e. The lowest BCUT2D eigenvalue weighted by Gasteiger charge is -2.40. The lowest BCUT2D eigenvalue weighted by atomic mass is 9.83. The summed E-state index contributed by atoms with van der Waals surface area (Å²) in [7, 11) is 6.50. The minimum atomic E-state index is 0.654. The number of aryl methyl sites for hydroxylation is 2. The molecule has 1 aromatic rings. The molecule has 3 atom stereocenters. The third-order valence-electron chi connectivity index (χ3n) is 5.71. The molecule has 2 saturated heterocycles. The molecule has 3 unspecified atom stereocenters. The van der Waals surface area contributed by atoms with Gasteiger partial charge in [-0.1, -0.05) is 0 Å². The summed E-state index contributed by atoms with van der Waals surface area (Å²) in [5, 5.41) is 7.86. The first-order valence-corrected chi connectivity index (χ1v) is 8.05. The van der Waals surface area contributed by atoms with E-state index in [2.05, 4.69) is 35.5 Å². The van der Waals surface area contributed by atoms with Gasteiger partial charge in [-0.25, -0.2) is 0 Å². The SMILES string of the molecule is CNC(CCc1ccnn1C)C1CC2CCC(C1)N2C. The predicted molar refractivity (Wildman–Crippen MR) is 81.7 cm³/mol. The summed E-state index contributed by atoms with van der Waals surface area (Å²) in [5.41, 5.74) is 1.35. The van der Waals surface area contributed by atoms with Crippen LogP contribution in [0.5, 0.6) is 0 Å². The quantitative estimate of drug-likeness (QED) is 0.890. The summed E-state index contributed by atoms with van der Waals surface area (Å²) in [6.45, 7) is 0. The normalized spacial score (nSPS) is 31.6. The minimum Gasteiger partial charge on any atom is -0.317 e. The Labute approximate surface area is 122 Å². The maximum absolute atomic E-state index is 4.27. The Bertz CT molecular complexity index is 427. The van der Waals surface area contributed by atoms with Crippen LogP contribution >= 0.6 is 0 Å². The van der Waals surface area contributed by atoms with Crippen molar-refractivity contribution in [2.45, 2.75) is 56.7 Å². The van der Waals surface area contributed by atoms with Crippen molar-refractivity contribution in [3.05, 3.63) is 18.0 Å². The average Bonchev–Trinajstić information content (AvgIpc) is 2.91. The number of hydrogen-bond donors (Lipinski definition) is 1.